The summed E-state index contributed by atoms with van der Waals surface area (Å²) in [5.41, 5.74) is 5.94. The van der Waals surface area contributed by atoms with Gasteiger partial charge in [0.25, 0.3) is 21.6 Å². The third kappa shape index (κ3) is 12.7. The zero-order valence-electron chi connectivity index (χ0n) is 51.7. The molecule has 6 aromatic rings. The molecule has 0 bridgehead atoms. The minimum absolute atomic E-state index is 0.110. The van der Waals surface area contributed by atoms with Crippen molar-refractivity contribution in [3.05, 3.63) is 124 Å². The van der Waals surface area contributed by atoms with Gasteiger partial charge in [-0.1, -0.05) is 44.5 Å². The SMILES string of the molecule is COc1cc(CN2CCN([C@H]3CCCC4(CCN(c5ccc(C(=O)NS(=O)(=O)c6ccc(NCC7CCC(C)(O)CC7)c([N+](=O)[O-])c6)c(N6c7cc8cc[nH]c8nc7O[C@H]7COCC[C@@H]76)c5)CC4)C3)[C@H](c3ccccc3C(C)C)C2)cnc1N1CCOCC1. The van der Waals surface area contributed by atoms with E-state index in [1.54, 1.807) is 13.2 Å². The van der Waals surface area contributed by atoms with E-state index in [0.717, 1.165) is 132 Å². The number of hydrogen-bond acceptors (Lipinski definition) is 18. The molecule has 2 aliphatic carbocycles. The lowest BCUT2D eigenvalue weighted by Gasteiger charge is -2.53. The van der Waals surface area contributed by atoms with Gasteiger partial charge in [-0.2, -0.15) is 4.98 Å². The number of sulfonamides is 1. The number of aromatic amines is 1. The summed E-state index contributed by atoms with van der Waals surface area (Å²) in [5, 5.41) is 27.0. The van der Waals surface area contributed by atoms with E-state index in [0.29, 0.717) is 87.1 Å². The van der Waals surface area contributed by atoms with Gasteiger partial charge in [-0.25, -0.2) is 18.1 Å². The molecule has 8 heterocycles. The van der Waals surface area contributed by atoms with Crippen LogP contribution < -0.4 is 34.2 Å². The van der Waals surface area contributed by atoms with Crippen LogP contribution >= 0.6 is 0 Å². The molecule has 3 aromatic carbocycles. The predicted octanol–water partition coefficient (Wildman–Crippen LogP) is 10.1. The maximum Gasteiger partial charge on any atom is 0.293 e. The van der Waals surface area contributed by atoms with E-state index in [9.17, 15) is 28.4 Å². The molecular weight excluding hydrogens is 1150 g/mol. The number of nitrogens with one attached hydrogen (secondary N) is 3. The van der Waals surface area contributed by atoms with E-state index in [-0.39, 0.29) is 34.7 Å². The van der Waals surface area contributed by atoms with Crippen molar-refractivity contribution >= 4 is 61.2 Å². The van der Waals surface area contributed by atoms with Gasteiger partial charge in [0.1, 0.15) is 23.1 Å². The number of methoxy groups -OCH3 is 1. The fourth-order valence-electron chi connectivity index (χ4n) is 15.5. The van der Waals surface area contributed by atoms with Crippen molar-refractivity contribution in [2.45, 2.75) is 139 Å². The number of aromatic nitrogens is 3. The lowest BCUT2D eigenvalue weighted by Crippen LogP contribution is -2.55. The number of piperazine rings is 1. The molecule has 1 amide bonds. The Morgan fingerprint density at radius 2 is 1.71 bits per heavy atom. The predicted molar refractivity (Wildman–Crippen MR) is 342 cm³/mol. The maximum absolute atomic E-state index is 15.0. The summed E-state index contributed by atoms with van der Waals surface area (Å²) in [5.74, 6) is 1.72. The summed E-state index contributed by atoms with van der Waals surface area (Å²) in [4.78, 5) is 51.7. The van der Waals surface area contributed by atoms with Gasteiger partial charge in [0.15, 0.2) is 11.6 Å². The Morgan fingerprint density at radius 3 is 2.49 bits per heavy atom. The number of piperidine rings is 1. The highest BCUT2D eigenvalue weighted by Crippen LogP contribution is 2.50. The number of H-pyrrole nitrogens is 1. The van der Waals surface area contributed by atoms with Crippen LogP contribution in [0, 0.1) is 21.4 Å². The number of carbonyl (C=O) groups is 1. The second-order valence-electron chi connectivity index (χ2n) is 26.6. The number of rotatable bonds is 16. The standard InChI is InChI=1S/C67H85N11O10S/c1-44(2)51-9-5-6-10-52(51)59-42-73(41-46-34-60(85-4)63(70-40-46)75-29-32-86-33-30-75)27-28-76(59)49-8-7-19-67(38-49)22-25-74(26-23-67)48-11-13-53(56(36-48)77-55-18-31-87-43-61(55)88-65-58(77)35-47-17-24-68-62(47)71-65)64(79)72-89(83,84)50-12-14-54(57(37-50)78(81)82)69-39-45-15-20-66(3,80)21-16-45/h5-6,9-14,17,24,34-37,40,44-45,49,55,59,61,69,80H,7-8,15-16,18-23,25-33,38-39,41-43H2,1-4H3,(H,68,71)(H,72,79)/t45?,49-,55-,59-,61-,66?/m0/s1. The lowest BCUT2D eigenvalue weighted by atomic mass is 9.66. The highest BCUT2D eigenvalue weighted by molar-refractivity contribution is 7.90. The van der Waals surface area contributed by atoms with Gasteiger partial charge in [0.2, 0.25) is 5.88 Å². The van der Waals surface area contributed by atoms with Crippen molar-refractivity contribution in [2.75, 3.05) is 106 Å². The summed E-state index contributed by atoms with van der Waals surface area (Å²) >= 11 is 0. The van der Waals surface area contributed by atoms with Gasteiger partial charge < -0.3 is 49.1 Å². The number of morpholine rings is 1. The van der Waals surface area contributed by atoms with E-state index < -0.39 is 43.1 Å². The van der Waals surface area contributed by atoms with Gasteiger partial charge >= 0.3 is 0 Å². The van der Waals surface area contributed by atoms with E-state index in [2.05, 4.69) is 83.7 Å². The Hall–Kier alpha value is -7.08. The average molecular weight is 1240 g/mol. The highest BCUT2D eigenvalue weighted by Gasteiger charge is 2.46. The van der Waals surface area contributed by atoms with Gasteiger partial charge in [0, 0.05) is 107 Å². The van der Waals surface area contributed by atoms with Gasteiger partial charge in [-0.15, -0.1) is 0 Å². The van der Waals surface area contributed by atoms with E-state index >= 15 is 0 Å². The summed E-state index contributed by atoms with van der Waals surface area (Å²) in [6, 6.07) is 24.8. The molecular formula is C67H85N11O10S. The van der Waals surface area contributed by atoms with Crippen molar-refractivity contribution < 1.29 is 42.2 Å². The number of ether oxygens (including phenoxy) is 4. The van der Waals surface area contributed by atoms with E-state index in [1.165, 1.54) is 29.7 Å². The first-order valence-corrected chi connectivity index (χ1v) is 33.6. The normalized spacial score (nSPS) is 25.1. The first-order valence-electron chi connectivity index (χ1n) is 32.2. The van der Waals surface area contributed by atoms with Gasteiger partial charge in [-0.3, -0.25) is 24.7 Å². The summed E-state index contributed by atoms with van der Waals surface area (Å²) in [6.45, 7) is 15.8. The minimum atomic E-state index is -4.66. The van der Waals surface area contributed by atoms with Crippen LogP contribution in [0.2, 0.25) is 0 Å². The number of nitrogens with zero attached hydrogens (tertiary/aromatic N) is 8. The van der Waals surface area contributed by atoms with Crippen LogP contribution in [0.4, 0.5) is 34.3 Å². The number of fused-ring (bicyclic) bond motifs is 3. The molecule has 0 radical (unpaired) electrons. The molecule has 7 aliphatic rings. The first kappa shape index (κ1) is 60.8. The van der Waals surface area contributed by atoms with Crippen LogP contribution in [-0.4, -0.2) is 159 Å². The van der Waals surface area contributed by atoms with E-state index in [1.807, 2.05) is 43.6 Å². The lowest BCUT2D eigenvalue weighted by molar-refractivity contribution is -0.384. The number of nitro groups is 1. The molecule has 6 fully saturated rings. The number of nitro benzene ring substituents is 1. The Morgan fingerprint density at radius 1 is 0.899 bits per heavy atom. The molecule has 1 spiro atoms. The maximum atomic E-state index is 15.0. The van der Waals surface area contributed by atoms with Crippen molar-refractivity contribution in [1.82, 2.24) is 29.5 Å². The molecule has 22 heteroatoms. The monoisotopic (exact) mass is 1240 g/mol. The molecule has 0 unspecified atom stereocenters. The van der Waals surface area contributed by atoms with Gasteiger partial charge in [-0.05, 0) is 154 Å². The van der Waals surface area contributed by atoms with E-state index in [4.69, 9.17) is 28.9 Å². The number of aliphatic hydroxyl groups is 1. The number of anilines is 5. The summed E-state index contributed by atoms with van der Waals surface area (Å²) < 4.78 is 55.2. The number of amides is 1. The quantitative estimate of drug-likeness (QED) is 0.0521. The smallest absolute Gasteiger partial charge is 0.293 e. The number of hydrogen-bond donors (Lipinski definition) is 4. The van der Waals surface area contributed by atoms with Crippen LogP contribution in [0.5, 0.6) is 11.6 Å². The van der Waals surface area contributed by atoms with Crippen LogP contribution in [0.1, 0.15) is 130 Å². The molecule has 21 nitrogen and oxygen atoms in total. The third-order valence-corrected chi connectivity index (χ3v) is 21.8. The Kier molecular flexibility index (Phi) is 17.3. The first-order chi connectivity index (χ1) is 43.0. The Labute approximate surface area is 521 Å². The number of benzene rings is 3. The van der Waals surface area contributed by atoms with Crippen LogP contribution in [-0.2, 0) is 26.0 Å². The van der Waals surface area contributed by atoms with Crippen LogP contribution in [0.3, 0.4) is 0 Å². The fourth-order valence-corrected chi connectivity index (χ4v) is 16.4. The molecule has 4 atom stereocenters. The molecule has 3 aromatic heterocycles. The zero-order valence-corrected chi connectivity index (χ0v) is 52.5. The second-order valence-corrected chi connectivity index (χ2v) is 28.2. The molecule has 474 valence electrons. The Balaban J connectivity index is 0.759. The van der Waals surface area contributed by atoms with Crippen LogP contribution in [0.25, 0.3) is 11.0 Å². The van der Waals surface area contributed by atoms with Gasteiger partial charge in [0.05, 0.1) is 59.6 Å². The molecule has 5 aliphatic heterocycles. The highest BCUT2D eigenvalue weighted by atomic mass is 32.2. The third-order valence-electron chi connectivity index (χ3n) is 20.4. The summed E-state index contributed by atoms with van der Waals surface area (Å²) in [7, 11) is -2.92. The molecule has 89 heavy (non-hydrogen) atoms. The minimum Gasteiger partial charge on any atom is -0.493 e. The van der Waals surface area contributed by atoms with Crippen LogP contribution in [0.15, 0.2) is 96.2 Å². The van der Waals surface area contributed by atoms with Crippen molar-refractivity contribution in [3.8, 4) is 11.6 Å². The molecule has 4 N–H and O–H groups in total. The topological polar surface area (TPSA) is 233 Å². The van der Waals surface area contributed by atoms with Crippen molar-refractivity contribution in [2.24, 2.45) is 11.3 Å². The van der Waals surface area contributed by atoms with Crippen molar-refractivity contribution in [3.63, 3.8) is 0 Å². The molecule has 13 rings (SSSR count). The zero-order chi connectivity index (χ0) is 61.6. The number of pyridine rings is 2. The largest absolute Gasteiger partial charge is 0.493 e. The second kappa shape index (κ2) is 25.3. The Bertz CT molecular complexity index is 3670. The number of carbonyl (C=O) groups excluding carboxylic acids is 1. The summed E-state index contributed by atoms with van der Waals surface area (Å²) in [6.07, 6.45) is 13.3. The van der Waals surface area contributed by atoms with Crippen molar-refractivity contribution in [1.29, 1.82) is 0 Å². The average Bonchev–Trinajstić information content (AvgIpc) is 1.65. The molecule has 2 saturated carbocycles. The fraction of sp³-hybridized carbons (Fsp3) is 0.537. The molecule has 4 saturated heterocycles.